The van der Waals surface area contributed by atoms with Gasteiger partial charge in [-0.25, -0.2) is 4.98 Å². The van der Waals surface area contributed by atoms with Crippen LogP contribution in [0.25, 0.3) is 11.7 Å². The molecule has 0 saturated carbocycles. The van der Waals surface area contributed by atoms with Crippen LogP contribution in [0.2, 0.25) is 0 Å². The first-order valence-electron chi connectivity index (χ1n) is 14.3. The number of rotatable bonds is 10. The van der Waals surface area contributed by atoms with E-state index in [1.54, 1.807) is 23.2 Å². The molecule has 2 aromatic heterocycles. The Morgan fingerprint density at radius 1 is 0.977 bits per heavy atom. The van der Waals surface area contributed by atoms with E-state index in [0.29, 0.717) is 65.2 Å². The van der Waals surface area contributed by atoms with Gasteiger partial charge >= 0.3 is 5.97 Å². The number of hydrogen-bond donors (Lipinski definition) is 2. The monoisotopic (exact) mass is 637 g/mol. The Morgan fingerprint density at radius 2 is 1.66 bits per heavy atom. The number of thioether (sulfide) groups is 1. The number of carbonyl (C=O) groups is 3. The van der Waals surface area contributed by atoms with E-state index in [2.05, 4.69) is 21.9 Å². The van der Waals surface area contributed by atoms with Gasteiger partial charge in [-0.15, -0.1) is 0 Å². The van der Waals surface area contributed by atoms with Gasteiger partial charge in [-0.05, 0) is 36.6 Å². The number of unbranched alkanes of at least 4 members (excludes halogenated alkanes) is 2. The number of piperazine rings is 1. The maximum Gasteiger partial charge on any atom is 0.303 e. The Hall–Kier alpha value is -4.07. The summed E-state index contributed by atoms with van der Waals surface area (Å²) in [7, 11) is 0. The van der Waals surface area contributed by atoms with Crippen LogP contribution < -0.4 is 10.5 Å². The van der Waals surface area contributed by atoms with Gasteiger partial charge < -0.3 is 15.1 Å². The maximum atomic E-state index is 13.7. The summed E-state index contributed by atoms with van der Waals surface area (Å²) in [5, 5.41) is 16.2. The molecule has 2 saturated heterocycles. The minimum absolute atomic E-state index is 0.112. The third kappa shape index (κ3) is 8.74. The van der Waals surface area contributed by atoms with E-state index < -0.39 is 11.9 Å². The molecule has 0 bridgehead atoms. The minimum Gasteiger partial charge on any atom is -0.481 e. The number of carboxylic acid groups (broad SMARTS) is 2. The topological polar surface area (TPSA) is 136 Å². The molecule has 2 N–H and O–H groups in total. The van der Waals surface area contributed by atoms with Crippen LogP contribution in [-0.4, -0.2) is 84.3 Å². The van der Waals surface area contributed by atoms with Gasteiger partial charge in [-0.1, -0.05) is 66.8 Å². The van der Waals surface area contributed by atoms with Crippen LogP contribution in [0.3, 0.4) is 0 Å². The van der Waals surface area contributed by atoms with Crippen molar-refractivity contribution in [2.24, 2.45) is 0 Å². The Kier molecular flexibility index (Phi) is 11.6. The number of benzene rings is 1. The van der Waals surface area contributed by atoms with Crippen LogP contribution in [0.5, 0.6) is 0 Å². The number of nitrogens with zero attached hydrogens (tertiary/aromatic N) is 5. The summed E-state index contributed by atoms with van der Waals surface area (Å²) in [6, 6.07) is 15.8. The fraction of sp³-hybridized carbons (Fsp3) is 0.355. The molecule has 2 fully saturated rings. The van der Waals surface area contributed by atoms with E-state index >= 15 is 0 Å². The van der Waals surface area contributed by atoms with Crippen molar-refractivity contribution in [1.82, 2.24) is 19.2 Å². The number of carbonyl (C=O) groups excluding carboxylic acids is 1. The molecule has 0 aliphatic carbocycles. The number of aliphatic carboxylic acids is 2. The molecule has 0 unspecified atom stereocenters. The van der Waals surface area contributed by atoms with E-state index in [1.165, 1.54) is 21.7 Å². The van der Waals surface area contributed by atoms with E-state index in [4.69, 9.17) is 32.2 Å². The molecular weight excluding hydrogens is 603 g/mol. The first-order valence-corrected chi connectivity index (χ1v) is 15.6. The Labute approximate surface area is 264 Å². The van der Waals surface area contributed by atoms with Crippen molar-refractivity contribution in [3.8, 4) is 0 Å². The molecule has 5 rings (SSSR count). The zero-order chi connectivity index (χ0) is 31.6. The van der Waals surface area contributed by atoms with Crippen molar-refractivity contribution in [1.29, 1.82) is 0 Å². The van der Waals surface area contributed by atoms with Crippen LogP contribution in [0.4, 0.5) is 5.82 Å². The molecule has 1 aromatic carbocycles. The number of hydrogen-bond acceptors (Lipinski definition) is 9. The summed E-state index contributed by atoms with van der Waals surface area (Å²) in [6.07, 6.45) is 5.35. The van der Waals surface area contributed by atoms with Crippen LogP contribution in [0.15, 0.2) is 64.4 Å². The lowest BCUT2D eigenvalue weighted by Crippen LogP contribution is -2.47. The van der Waals surface area contributed by atoms with Gasteiger partial charge in [0.15, 0.2) is 0 Å². The van der Waals surface area contributed by atoms with Gasteiger partial charge in [0.05, 0.1) is 10.5 Å². The molecule has 4 heterocycles. The van der Waals surface area contributed by atoms with E-state index in [-0.39, 0.29) is 17.9 Å². The molecule has 0 radical (unpaired) electrons. The van der Waals surface area contributed by atoms with Crippen molar-refractivity contribution in [2.75, 3.05) is 37.6 Å². The fourth-order valence-electron chi connectivity index (χ4n) is 4.96. The zero-order valence-corrected chi connectivity index (χ0v) is 26.1. The molecule has 11 nitrogen and oxygen atoms in total. The molecule has 0 spiro atoms. The lowest BCUT2D eigenvalue weighted by atomic mass is 10.1. The lowest BCUT2D eigenvalue weighted by Gasteiger charge is -2.36. The van der Waals surface area contributed by atoms with E-state index in [0.717, 1.165) is 26.6 Å². The number of aromatic nitrogens is 2. The number of carboxylic acids is 2. The summed E-state index contributed by atoms with van der Waals surface area (Å²) in [6.45, 7) is 5.45. The second-order valence-corrected chi connectivity index (χ2v) is 12.1. The van der Waals surface area contributed by atoms with Gasteiger partial charge in [0.2, 0.25) is 0 Å². The molecule has 1 amide bonds. The summed E-state index contributed by atoms with van der Waals surface area (Å²) in [5.41, 5.74) is 1.97. The molecule has 13 heteroatoms. The van der Waals surface area contributed by atoms with Gasteiger partial charge in [-0.3, -0.25) is 33.4 Å². The first kappa shape index (κ1) is 32.8. The quantitative estimate of drug-likeness (QED) is 0.190. The lowest BCUT2D eigenvalue weighted by molar-refractivity contribution is -0.137. The Morgan fingerprint density at radius 3 is 2.34 bits per heavy atom. The van der Waals surface area contributed by atoms with Crippen molar-refractivity contribution >= 4 is 63.7 Å². The van der Waals surface area contributed by atoms with Crippen LogP contribution in [-0.2, 0) is 20.9 Å². The molecule has 3 aromatic rings. The molecule has 2 aliphatic rings. The van der Waals surface area contributed by atoms with Crippen molar-refractivity contribution in [3.05, 3.63) is 81.1 Å². The predicted octanol–water partition coefficient (Wildman–Crippen LogP) is 3.95. The standard InChI is InChI=1S/C29H31N5O4S2.C2H4O2/c35-25(36)12-5-2-7-14-34-28(38)23(40-29(34)39)19-22-26(30-24-11-6-8-13-33(24)27(22)37)32-17-15-31(16-18-32)20-21-9-3-1-4-10-21;1-2(3)4/h1,3-4,6,8-11,13,19H,2,5,7,12,14-18,20H2,(H,35,36);1H3,(H,3,4)/b23-19-;. The molecule has 232 valence electrons. The number of thiocarbonyl (C=S) groups is 1. The number of pyridine rings is 1. The minimum atomic E-state index is -0.833. The van der Waals surface area contributed by atoms with Crippen molar-refractivity contribution in [3.63, 3.8) is 0 Å². The predicted molar refractivity (Wildman–Crippen MR) is 175 cm³/mol. The third-order valence-corrected chi connectivity index (χ3v) is 8.47. The van der Waals surface area contributed by atoms with Crippen molar-refractivity contribution in [2.45, 2.75) is 39.2 Å². The highest BCUT2D eigenvalue weighted by molar-refractivity contribution is 8.26. The van der Waals surface area contributed by atoms with Gasteiger partial charge in [0.25, 0.3) is 17.4 Å². The number of amides is 1. The zero-order valence-electron chi connectivity index (χ0n) is 24.4. The third-order valence-electron chi connectivity index (χ3n) is 7.09. The Bertz CT molecular complexity index is 1600. The van der Waals surface area contributed by atoms with Crippen LogP contribution >= 0.6 is 24.0 Å². The second-order valence-electron chi connectivity index (χ2n) is 10.4. The van der Waals surface area contributed by atoms with Gasteiger partial charge in [-0.2, -0.15) is 0 Å². The number of anilines is 1. The van der Waals surface area contributed by atoms with E-state index in [9.17, 15) is 14.4 Å². The van der Waals surface area contributed by atoms with Gasteiger partial charge in [0.1, 0.15) is 15.8 Å². The average Bonchev–Trinajstić information content (AvgIpc) is 3.26. The largest absolute Gasteiger partial charge is 0.481 e. The highest BCUT2D eigenvalue weighted by Gasteiger charge is 2.33. The SMILES string of the molecule is CC(=O)O.O=C(O)CCCCCN1C(=O)/C(=C/c2c(N3CCN(Cc4ccccc4)CC3)nc3ccccn3c2=O)SC1=S. The van der Waals surface area contributed by atoms with Crippen LogP contribution in [0, 0.1) is 0 Å². The highest BCUT2D eigenvalue weighted by Crippen LogP contribution is 2.34. The first-order chi connectivity index (χ1) is 21.1. The normalized spacial score (nSPS) is 16.3. The smallest absolute Gasteiger partial charge is 0.303 e. The van der Waals surface area contributed by atoms with Crippen LogP contribution in [0.1, 0.15) is 43.7 Å². The number of fused-ring (bicyclic) bond motifs is 1. The van der Waals surface area contributed by atoms with Gasteiger partial charge in [0, 0.05) is 58.8 Å². The molecular formula is C31H35N5O6S2. The van der Waals surface area contributed by atoms with E-state index in [1.807, 2.05) is 30.3 Å². The second kappa shape index (κ2) is 15.6. The highest BCUT2D eigenvalue weighted by atomic mass is 32.2. The fourth-order valence-corrected chi connectivity index (χ4v) is 6.25. The molecule has 2 aliphatic heterocycles. The summed E-state index contributed by atoms with van der Waals surface area (Å²) in [5.74, 6) is -1.31. The summed E-state index contributed by atoms with van der Waals surface area (Å²) in [4.78, 5) is 58.0. The summed E-state index contributed by atoms with van der Waals surface area (Å²) < 4.78 is 1.95. The molecule has 0 atom stereocenters. The molecule has 44 heavy (non-hydrogen) atoms. The van der Waals surface area contributed by atoms with Crippen molar-refractivity contribution < 1.29 is 24.6 Å². The average molecular weight is 638 g/mol. The maximum absolute atomic E-state index is 13.7. The Balaban J connectivity index is 0.00000104. The summed E-state index contributed by atoms with van der Waals surface area (Å²) >= 11 is 6.67.